The number of methoxy groups -OCH3 is 1. The number of amides is 2. The average molecular weight is 715 g/mol. The van der Waals surface area contributed by atoms with Crippen LogP contribution in [-0.2, 0) is 11.2 Å². The van der Waals surface area contributed by atoms with E-state index in [0.29, 0.717) is 33.6 Å². The van der Waals surface area contributed by atoms with Gasteiger partial charge in [0.05, 0.1) is 23.3 Å². The van der Waals surface area contributed by atoms with Gasteiger partial charge in [0.2, 0.25) is 5.91 Å². The number of nitrogens with zero attached hydrogens (tertiary/aromatic N) is 1. The highest BCUT2D eigenvalue weighted by molar-refractivity contribution is 14.1. The summed E-state index contributed by atoms with van der Waals surface area (Å²) in [6, 6.07) is 19.3. The molecule has 0 spiro atoms. The average Bonchev–Trinajstić information content (AvgIpc) is 3.47. The first-order valence-corrected chi connectivity index (χ1v) is 15.2. The van der Waals surface area contributed by atoms with Crippen molar-refractivity contribution in [1.29, 1.82) is 0 Å². The molecule has 230 valence electrons. The number of benzene rings is 3. The Labute approximate surface area is 267 Å². The van der Waals surface area contributed by atoms with Crippen molar-refractivity contribution in [2.24, 2.45) is 0 Å². The molecule has 0 saturated heterocycles. The first-order chi connectivity index (χ1) is 21.3. The molecule has 0 aliphatic heterocycles. The summed E-state index contributed by atoms with van der Waals surface area (Å²) in [5.41, 5.74) is 1.35. The number of carbonyl (C=O) groups is 2. The van der Waals surface area contributed by atoms with Gasteiger partial charge in [0, 0.05) is 30.5 Å². The zero-order chi connectivity index (χ0) is 31.2. The van der Waals surface area contributed by atoms with E-state index in [1.165, 1.54) is 24.1 Å². The highest BCUT2D eigenvalue weighted by Crippen LogP contribution is 2.33. The number of furan rings is 1. The number of aliphatic hydroxyl groups excluding tert-OH is 2. The predicted molar refractivity (Wildman–Crippen MR) is 170 cm³/mol. The number of aliphatic hydroxyl groups is 2. The summed E-state index contributed by atoms with van der Waals surface area (Å²) < 4.78 is 32.4. The van der Waals surface area contributed by atoms with Gasteiger partial charge in [0.25, 0.3) is 5.91 Å². The van der Waals surface area contributed by atoms with Crippen LogP contribution in [0.15, 0.2) is 88.9 Å². The van der Waals surface area contributed by atoms with E-state index in [9.17, 15) is 24.2 Å². The third kappa shape index (κ3) is 7.06. The van der Waals surface area contributed by atoms with Crippen LogP contribution in [0.1, 0.15) is 22.5 Å². The number of hydrogen-bond acceptors (Lipinski definition) is 7. The second-order valence-electron chi connectivity index (χ2n) is 10.3. The summed E-state index contributed by atoms with van der Waals surface area (Å²) in [5, 5.41) is 24.3. The fourth-order valence-corrected chi connectivity index (χ4v) is 5.79. The molecule has 11 heteroatoms. The van der Waals surface area contributed by atoms with Gasteiger partial charge in [0.1, 0.15) is 23.8 Å². The molecule has 5 rings (SSSR count). The molecule has 9 nitrogen and oxygen atoms in total. The molecule has 1 aliphatic rings. The van der Waals surface area contributed by atoms with Crippen LogP contribution >= 0.6 is 22.6 Å². The van der Waals surface area contributed by atoms with E-state index in [0.717, 1.165) is 3.57 Å². The summed E-state index contributed by atoms with van der Waals surface area (Å²) in [4.78, 5) is 28.8. The van der Waals surface area contributed by atoms with Crippen molar-refractivity contribution in [1.82, 2.24) is 10.2 Å². The van der Waals surface area contributed by atoms with E-state index in [4.69, 9.17) is 13.9 Å². The number of rotatable bonds is 11. The Morgan fingerprint density at radius 1 is 1.09 bits per heavy atom. The van der Waals surface area contributed by atoms with Crippen LogP contribution in [0, 0.1) is 9.39 Å². The van der Waals surface area contributed by atoms with E-state index in [-0.39, 0.29) is 38.3 Å². The van der Waals surface area contributed by atoms with E-state index >= 15 is 0 Å². The van der Waals surface area contributed by atoms with E-state index in [1.54, 1.807) is 54.6 Å². The first-order valence-electron chi connectivity index (χ1n) is 14.1. The van der Waals surface area contributed by atoms with E-state index < -0.39 is 35.9 Å². The van der Waals surface area contributed by atoms with Gasteiger partial charge in [-0.2, -0.15) is 0 Å². The number of nitrogens with one attached hydrogen (secondary N) is 1. The van der Waals surface area contributed by atoms with Crippen LogP contribution in [0.25, 0.3) is 11.0 Å². The Balaban J connectivity index is 1.53. The second-order valence-corrected chi connectivity index (χ2v) is 11.5. The third-order valence-electron chi connectivity index (χ3n) is 7.44. The number of carbonyl (C=O) groups excluding carboxylic acids is 2. The Hall–Kier alpha value is -3.94. The van der Waals surface area contributed by atoms with Gasteiger partial charge in [-0.3, -0.25) is 9.59 Å². The molecule has 44 heavy (non-hydrogen) atoms. The SMILES string of the molecule is COc1cccc2cc(C(=O)N(CCc3cccc(F)c3)C3CC(C(=O)NCCO)=CC(Oc4ccccc4I)C3O)oc12. The predicted octanol–water partition coefficient (Wildman–Crippen LogP) is 4.49. The lowest BCUT2D eigenvalue weighted by molar-refractivity contribution is -0.118. The largest absolute Gasteiger partial charge is 0.493 e. The molecule has 1 aliphatic carbocycles. The topological polar surface area (TPSA) is 121 Å². The van der Waals surface area contributed by atoms with Crippen molar-refractivity contribution in [3.8, 4) is 11.5 Å². The van der Waals surface area contributed by atoms with Crippen LogP contribution in [0.5, 0.6) is 11.5 Å². The van der Waals surface area contributed by atoms with Crippen molar-refractivity contribution >= 4 is 45.4 Å². The van der Waals surface area contributed by atoms with Gasteiger partial charge < -0.3 is 34.3 Å². The monoisotopic (exact) mass is 714 g/mol. The molecule has 3 atom stereocenters. The summed E-state index contributed by atoms with van der Waals surface area (Å²) in [7, 11) is 1.51. The highest BCUT2D eigenvalue weighted by Gasteiger charge is 2.41. The maximum Gasteiger partial charge on any atom is 0.289 e. The Morgan fingerprint density at radius 2 is 1.86 bits per heavy atom. The van der Waals surface area contributed by atoms with Crippen molar-refractivity contribution < 1.29 is 38.1 Å². The van der Waals surface area contributed by atoms with Gasteiger partial charge in [-0.15, -0.1) is 0 Å². The molecule has 3 aromatic carbocycles. The van der Waals surface area contributed by atoms with Gasteiger partial charge in [-0.25, -0.2) is 4.39 Å². The molecule has 0 radical (unpaired) electrons. The minimum Gasteiger partial charge on any atom is -0.493 e. The highest BCUT2D eigenvalue weighted by atomic mass is 127. The van der Waals surface area contributed by atoms with Gasteiger partial charge >= 0.3 is 0 Å². The summed E-state index contributed by atoms with van der Waals surface area (Å²) in [6.45, 7) is -0.130. The maximum absolute atomic E-state index is 14.2. The van der Waals surface area contributed by atoms with Crippen LogP contribution < -0.4 is 14.8 Å². The fourth-order valence-electron chi connectivity index (χ4n) is 5.27. The molecule has 0 saturated carbocycles. The van der Waals surface area contributed by atoms with Gasteiger partial charge in [-0.05, 0) is 77.0 Å². The normalized spacial score (nSPS) is 18.0. The molecule has 4 aromatic rings. The minimum absolute atomic E-state index is 0.00259. The summed E-state index contributed by atoms with van der Waals surface area (Å²) in [5.74, 6) is -0.383. The van der Waals surface area contributed by atoms with Crippen molar-refractivity contribution in [3.63, 3.8) is 0 Å². The zero-order valence-corrected chi connectivity index (χ0v) is 26.1. The smallest absolute Gasteiger partial charge is 0.289 e. The number of para-hydroxylation sites is 2. The fraction of sp³-hybridized carbons (Fsp3) is 0.273. The lowest BCUT2D eigenvalue weighted by atomic mass is 9.87. The molecule has 0 fully saturated rings. The zero-order valence-electron chi connectivity index (χ0n) is 23.9. The van der Waals surface area contributed by atoms with Crippen LogP contribution in [0.2, 0.25) is 0 Å². The third-order valence-corrected chi connectivity index (χ3v) is 8.34. The summed E-state index contributed by atoms with van der Waals surface area (Å²) >= 11 is 2.12. The quantitative estimate of drug-likeness (QED) is 0.196. The Bertz CT molecular complexity index is 1670. The van der Waals surface area contributed by atoms with Crippen LogP contribution in [0.3, 0.4) is 0 Å². The number of hydrogen-bond donors (Lipinski definition) is 3. The Kier molecular flexibility index (Phi) is 10.2. The molecule has 1 aromatic heterocycles. The van der Waals surface area contributed by atoms with Crippen molar-refractivity contribution in [2.45, 2.75) is 31.1 Å². The standard InChI is InChI=1S/C33H32FIN2O7/c1-42-27-11-5-7-21-18-29(44-31(21)27)33(41)37(14-12-20-6-4-8-23(34)16-20)25-17-22(32(40)36-13-15-38)19-28(30(25)39)43-26-10-3-2-9-24(26)35/h2-11,16,18-19,25,28,30,38-39H,12-15,17H2,1H3,(H,36,40). The lowest BCUT2D eigenvalue weighted by Gasteiger charge is -2.40. The van der Waals surface area contributed by atoms with E-state index in [1.807, 2.05) is 12.1 Å². The molecule has 0 bridgehead atoms. The van der Waals surface area contributed by atoms with E-state index in [2.05, 4.69) is 27.9 Å². The first kappa shape index (κ1) is 31.5. The van der Waals surface area contributed by atoms with Gasteiger partial charge in [0.15, 0.2) is 17.1 Å². The molecule has 3 N–H and O–H groups in total. The molecule has 3 unspecified atom stereocenters. The maximum atomic E-state index is 14.2. The molecular weight excluding hydrogens is 682 g/mol. The van der Waals surface area contributed by atoms with Gasteiger partial charge in [-0.1, -0.05) is 36.4 Å². The number of halogens is 2. The summed E-state index contributed by atoms with van der Waals surface area (Å²) in [6.07, 6.45) is -0.398. The second kappa shape index (κ2) is 14.2. The molecule has 2 amide bonds. The Morgan fingerprint density at radius 3 is 2.61 bits per heavy atom. The minimum atomic E-state index is -1.24. The molecule has 1 heterocycles. The number of fused-ring (bicyclic) bond motifs is 1. The van der Waals surface area contributed by atoms with Crippen LogP contribution in [-0.4, -0.2) is 72.0 Å². The van der Waals surface area contributed by atoms with Crippen molar-refractivity contribution in [3.05, 3.63) is 105 Å². The molecular formula is C33H32FIN2O7. The van der Waals surface area contributed by atoms with Crippen LogP contribution in [0.4, 0.5) is 4.39 Å². The number of ether oxygens (including phenoxy) is 2. The van der Waals surface area contributed by atoms with Crippen molar-refractivity contribution in [2.75, 3.05) is 26.8 Å². The lowest BCUT2D eigenvalue weighted by Crippen LogP contribution is -2.55.